The molecule has 1 aromatic rings. The lowest BCUT2D eigenvalue weighted by Crippen LogP contribution is -2.51. The summed E-state index contributed by atoms with van der Waals surface area (Å²) < 4.78 is 5.33. The quantitative estimate of drug-likeness (QED) is 0.866. The van der Waals surface area contributed by atoms with Crippen molar-refractivity contribution >= 4 is 5.78 Å². The lowest BCUT2D eigenvalue weighted by atomic mass is 9.67. The zero-order chi connectivity index (χ0) is 15.3. The lowest BCUT2D eigenvalue weighted by molar-refractivity contribution is -0.124. The maximum absolute atomic E-state index is 12.2. The molecule has 2 heterocycles. The first-order chi connectivity index (χ1) is 10.6. The Balaban J connectivity index is 1.86. The molecule has 3 aliphatic rings. The minimum Gasteiger partial charge on any atom is -0.504 e. The molecule has 4 rings (SSSR count). The molecule has 2 unspecified atom stereocenters. The van der Waals surface area contributed by atoms with Crippen LogP contribution in [-0.2, 0) is 11.2 Å². The van der Waals surface area contributed by atoms with Gasteiger partial charge in [0.15, 0.2) is 11.5 Å². The molecule has 118 valence electrons. The van der Waals surface area contributed by atoms with Crippen molar-refractivity contribution in [3.63, 3.8) is 0 Å². The van der Waals surface area contributed by atoms with Crippen LogP contribution in [-0.4, -0.2) is 41.5 Å². The predicted molar refractivity (Wildman–Crippen MR) is 83.5 cm³/mol. The summed E-state index contributed by atoms with van der Waals surface area (Å²) >= 11 is 0. The maximum Gasteiger partial charge on any atom is 0.160 e. The zero-order valence-electron chi connectivity index (χ0n) is 13.1. The first kappa shape index (κ1) is 14.1. The molecule has 1 saturated heterocycles. The van der Waals surface area contributed by atoms with Crippen LogP contribution in [0.2, 0.25) is 0 Å². The number of aromatic hydroxyl groups is 1. The number of hydrogen-bond donors (Lipinski definition) is 1. The second-order valence-electron chi connectivity index (χ2n) is 6.97. The number of carbonyl (C=O) groups is 1. The van der Waals surface area contributed by atoms with Crippen molar-refractivity contribution in [1.82, 2.24) is 4.90 Å². The fourth-order valence-corrected chi connectivity index (χ4v) is 5.05. The van der Waals surface area contributed by atoms with Crippen molar-refractivity contribution in [3.05, 3.63) is 23.3 Å². The summed E-state index contributed by atoms with van der Waals surface area (Å²) in [5, 5.41) is 10.1. The Bertz CT molecular complexity index is 627. The number of ketones is 1. The third kappa shape index (κ3) is 1.89. The van der Waals surface area contributed by atoms with E-state index in [1.54, 1.807) is 7.11 Å². The Kier molecular flexibility index (Phi) is 3.19. The highest BCUT2D eigenvalue weighted by Gasteiger charge is 2.52. The molecule has 0 radical (unpaired) electrons. The molecule has 0 bridgehead atoms. The van der Waals surface area contributed by atoms with Gasteiger partial charge in [0.2, 0.25) is 0 Å². The molecule has 4 heteroatoms. The van der Waals surface area contributed by atoms with Crippen molar-refractivity contribution in [2.45, 2.75) is 50.0 Å². The molecule has 2 fully saturated rings. The molecule has 1 spiro atoms. The third-order valence-corrected chi connectivity index (χ3v) is 6.00. The Morgan fingerprint density at radius 2 is 2.18 bits per heavy atom. The van der Waals surface area contributed by atoms with E-state index in [1.165, 1.54) is 17.5 Å². The number of methoxy groups -OCH3 is 1. The SMILES string of the molecule is COc1cc2c(cc1O)CCN1CCCC13CC(=O)CCC23. The van der Waals surface area contributed by atoms with Gasteiger partial charge in [-0.3, -0.25) is 9.69 Å². The minimum atomic E-state index is 0.0164. The van der Waals surface area contributed by atoms with Crippen LogP contribution in [0.1, 0.15) is 49.1 Å². The summed E-state index contributed by atoms with van der Waals surface area (Å²) in [5.74, 6) is 1.58. The number of nitrogens with zero attached hydrogens (tertiary/aromatic N) is 1. The monoisotopic (exact) mass is 301 g/mol. The number of fused-ring (bicyclic) bond motifs is 2. The largest absolute Gasteiger partial charge is 0.504 e. The van der Waals surface area contributed by atoms with Crippen molar-refractivity contribution in [2.75, 3.05) is 20.2 Å². The van der Waals surface area contributed by atoms with Crippen LogP contribution in [0.25, 0.3) is 0 Å². The van der Waals surface area contributed by atoms with E-state index in [-0.39, 0.29) is 11.3 Å². The molecule has 1 aromatic carbocycles. The molecule has 1 N–H and O–H groups in total. The van der Waals surface area contributed by atoms with Crippen molar-refractivity contribution < 1.29 is 14.6 Å². The molecule has 0 aromatic heterocycles. The first-order valence-electron chi connectivity index (χ1n) is 8.30. The zero-order valence-corrected chi connectivity index (χ0v) is 13.1. The molecule has 2 atom stereocenters. The number of rotatable bonds is 1. The highest BCUT2D eigenvalue weighted by atomic mass is 16.5. The molecule has 2 aliphatic heterocycles. The highest BCUT2D eigenvalue weighted by Crippen LogP contribution is 2.52. The third-order valence-electron chi connectivity index (χ3n) is 6.00. The van der Waals surface area contributed by atoms with Crippen molar-refractivity contribution in [3.8, 4) is 11.5 Å². The molecule has 22 heavy (non-hydrogen) atoms. The van der Waals surface area contributed by atoms with Gasteiger partial charge in [-0.05, 0) is 55.5 Å². The van der Waals surface area contributed by atoms with E-state index in [4.69, 9.17) is 4.74 Å². The molecular formula is C18H23NO3. The summed E-state index contributed by atoms with van der Waals surface area (Å²) in [4.78, 5) is 14.7. The summed E-state index contributed by atoms with van der Waals surface area (Å²) in [6.45, 7) is 2.09. The van der Waals surface area contributed by atoms with E-state index >= 15 is 0 Å². The minimum absolute atomic E-state index is 0.0164. The summed E-state index contributed by atoms with van der Waals surface area (Å²) in [6.07, 6.45) is 5.55. The van der Waals surface area contributed by atoms with Gasteiger partial charge in [-0.25, -0.2) is 0 Å². The van der Waals surface area contributed by atoms with Gasteiger partial charge in [0.1, 0.15) is 5.78 Å². The van der Waals surface area contributed by atoms with Crippen molar-refractivity contribution in [2.24, 2.45) is 0 Å². The molecular weight excluding hydrogens is 278 g/mol. The van der Waals surface area contributed by atoms with Gasteiger partial charge >= 0.3 is 0 Å². The number of phenolic OH excluding ortho intramolecular Hbond substituents is 1. The second kappa shape index (κ2) is 4.98. The number of Topliss-reactive ketones (excluding diaryl/α,β-unsaturated/α-hetero) is 1. The van der Waals surface area contributed by atoms with Crippen LogP contribution in [0.5, 0.6) is 11.5 Å². The molecule has 4 nitrogen and oxygen atoms in total. The number of benzene rings is 1. The average Bonchev–Trinajstić information content (AvgIpc) is 2.83. The Labute approximate surface area is 131 Å². The van der Waals surface area contributed by atoms with Crippen LogP contribution in [0.15, 0.2) is 12.1 Å². The van der Waals surface area contributed by atoms with E-state index in [9.17, 15) is 9.90 Å². The molecule has 0 amide bonds. The van der Waals surface area contributed by atoms with Gasteiger partial charge in [0, 0.05) is 30.8 Å². The van der Waals surface area contributed by atoms with Gasteiger partial charge in [-0.2, -0.15) is 0 Å². The standard InChI is InChI=1S/C18H23NO3/c1-22-17-10-14-12(9-16(17)21)5-8-19-7-2-6-18(19)11-13(20)3-4-15(14)18/h9-10,15,21H,2-8,11H2,1H3. The first-order valence-corrected chi connectivity index (χ1v) is 8.30. The summed E-state index contributed by atoms with van der Waals surface area (Å²) in [6, 6.07) is 3.90. The predicted octanol–water partition coefficient (Wildman–Crippen LogP) is 2.63. The van der Waals surface area contributed by atoms with Gasteiger partial charge < -0.3 is 9.84 Å². The maximum atomic E-state index is 12.2. The fourth-order valence-electron chi connectivity index (χ4n) is 5.05. The topological polar surface area (TPSA) is 49.8 Å². The fraction of sp³-hybridized carbons (Fsp3) is 0.611. The normalized spacial score (nSPS) is 31.1. The van der Waals surface area contributed by atoms with Gasteiger partial charge in [0.05, 0.1) is 7.11 Å². The Morgan fingerprint density at radius 3 is 3.00 bits per heavy atom. The number of hydrogen-bond acceptors (Lipinski definition) is 4. The molecule has 1 saturated carbocycles. The van der Waals surface area contributed by atoms with Crippen LogP contribution >= 0.6 is 0 Å². The smallest absolute Gasteiger partial charge is 0.160 e. The average molecular weight is 301 g/mol. The second-order valence-corrected chi connectivity index (χ2v) is 6.97. The number of ether oxygens (including phenoxy) is 1. The van der Waals surface area contributed by atoms with Crippen molar-refractivity contribution in [1.29, 1.82) is 0 Å². The summed E-state index contributed by atoms with van der Waals surface area (Å²) in [7, 11) is 1.60. The molecule has 1 aliphatic carbocycles. The van der Waals surface area contributed by atoms with Gasteiger partial charge in [-0.15, -0.1) is 0 Å². The van der Waals surface area contributed by atoms with Crippen LogP contribution in [0, 0.1) is 0 Å². The van der Waals surface area contributed by atoms with Crippen LogP contribution in [0.3, 0.4) is 0 Å². The van der Waals surface area contributed by atoms with E-state index in [0.29, 0.717) is 30.3 Å². The van der Waals surface area contributed by atoms with E-state index in [1.807, 2.05) is 12.1 Å². The Hall–Kier alpha value is -1.55. The van der Waals surface area contributed by atoms with E-state index in [2.05, 4.69) is 4.90 Å². The van der Waals surface area contributed by atoms with E-state index in [0.717, 1.165) is 32.4 Å². The highest BCUT2D eigenvalue weighted by molar-refractivity contribution is 5.81. The van der Waals surface area contributed by atoms with Gasteiger partial charge in [0.25, 0.3) is 0 Å². The summed E-state index contributed by atoms with van der Waals surface area (Å²) in [5.41, 5.74) is 2.54. The van der Waals surface area contributed by atoms with Crippen LogP contribution < -0.4 is 4.74 Å². The van der Waals surface area contributed by atoms with E-state index < -0.39 is 0 Å². The van der Waals surface area contributed by atoms with Crippen LogP contribution in [0.4, 0.5) is 0 Å². The number of phenols is 1. The Morgan fingerprint density at radius 1 is 1.32 bits per heavy atom. The van der Waals surface area contributed by atoms with Gasteiger partial charge in [-0.1, -0.05) is 0 Å². The lowest BCUT2D eigenvalue weighted by Gasteiger charge is -2.46. The number of carbonyl (C=O) groups excluding carboxylic acids is 1.